The molecule has 5 nitrogen and oxygen atoms in total. The summed E-state index contributed by atoms with van der Waals surface area (Å²) in [6.45, 7) is 2.76. The standard InChI is InChI=1S/C15H25N3O2/c1-17(2)9-6-10-18(11-12-20-3)15(19)13-7-4-5-8-14(13)16/h4-5,7-8H,6,9-12,16H2,1-3H3. The number of nitrogens with zero attached hydrogens (tertiary/aromatic N) is 2. The number of para-hydroxylation sites is 1. The number of amides is 1. The van der Waals surface area contributed by atoms with Crippen LogP contribution in [0.1, 0.15) is 16.8 Å². The molecule has 0 fully saturated rings. The van der Waals surface area contributed by atoms with Crippen LogP contribution in [0.2, 0.25) is 0 Å². The predicted molar refractivity (Wildman–Crippen MR) is 81.8 cm³/mol. The summed E-state index contributed by atoms with van der Waals surface area (Å²) < 4.78 is 5.08. The van der Waals surface area contributed by atoms with Crippen molar-refractivity contribution in [3.63, 3.8) is 0 Å². The largest absolute Gasteiger partial charge is 0.398 e. The Morgan fingerprint density at radius 3 is 2.50 bits per heavy atom. The van der Waals surface area contributed by atoms with Crippen molar-refractivity contribution < 1.29 is 9.53 Å². The van der Waals surface area contributed by atoms with E-state index in [1.165, 1.54) is 0 Å². The lowest BCUT2D eigenvalue weighted by molar-refractivity contribution is 0.0690. The maximum atomic E-state index is 12.5. The molecule has 0 atom stereocenters. The molecule has 1 amide bonds. The number of nitrogen functional groups attached to an aromatic ring is 1. The number of hydrogen-bond donors (Lipinski definition) is 1. The first-order chi connectivity index (χ1) is 9.56. The van der Waals surface area contributed by atoms with E-state index in [0.29, 0.717) is 30.9 Å². The van der Waals surface area contributed by atoms with Gasteiger partial charge < -0.3 is 20.3 Å². The van der Waals surface area contributed by atoms with Crippen LogP contribution in [0.15, 0.2) is 24.3 Å². The zero-order valence-corrected chi connectivity index (χ0v) is 12.6. The molecule has 0 spiro atoms. The van der Waals surface area contributed by atoms with Crippen molar-refractivity contribution in [3.8, 4) is 0 Å². The fourth-order valence-corrected chi connectivity index (χ4v) is 1.96. The number of benzene rings is 1. The third kappa shape index (κ3) is 5.19. The molecule has 0 radical (unpaired) electrons. The topological polar surface area (TPSA) is 58.8 Å². The van der Waals surface area contributed by atoms with Gasteiger partial charge in [-0.15, -0.1) is 0 Å². The van der Waals surface area contributed by atoms with E-state index < -0.39 is 0 Å². The van der Waals surface area contributed by atoms with Crippen LogP contribution in [-0.2, 0) is 4.74 Å². The predicted octanol–water partition coefficient (Wildman–Crippen LogP) is 1.31. The molecule has 2 N–H and O–H groups in total. The first-order valence-corrected chi connectivity index (χ1v) is 6.83. The molecule has 112 valence electrons. The van der Waals surface area contributed by atoms with Crippen molar-refractivity contribution in [2.24, 2.45) is 0 Å². The van der Waals surface area contributed by atoms with Crippen LogP contribution in [0.5, 0.6) is 0 Å². The number of carbonyl (C=O) groups excluding carboxylic acids is 1. The average Bonchev–Trinajstić information content (AvgIpc) is 2.42. The monoisotopic (exact) mass is 279 g/mol. The van der Waals surface area contributed by atoms with Crippen LogP contribution in [0, 0.1) is 0 Å². The average molecular weight is 279 g/mol. The van der Waals surface area contributed by atoms with Crippen LogP contribution < -0.4 is 5.73 Å². The Hall–Kier alpha value is -1.59. The molecule has 0 aliphatic carbocycles. The minimum atomic E-state index is -0.0288. The Labute approximate surface area is 121 Å². The maximum absolute atomic E-state index is 12.5. The van der Waals surface area contributed by atoms with Gasteiger partial charge >= 0.3 is 0 Å². The molecule has 0 heterocycles. The third-order valence-electron chi connectivity index (χ3n) is 3.08. The second-order valence-electron chi connectivity index (χ2n) is 5.03. The van der Waals surface area contributed by atoms with Crippen molar-refractivity contribution in [3.05, 3.63) is 29.8 Å². The number of carbonyl (C=O) groups is 1. The molecule has 1 rings (SSSR count). The van der Waals surface area contributed by atoms with Crippen molar-refractivity contribution in [2.45, 2.75) is 6.42 Å². The quantitative estimate of drug-likeness (QED) is 0.729. The van der Waals surface area contributed by atoms with Crippen LogP contribution in [-0.4, -0.2) is 63.2 Å². The highest BCUT2D eigenvalue weighted by Crippen LogP contribution is 2.13. The summed E-state index contributed by atoms with van der Waals surface area (Å²) in [7, 11) is 5.69. The molecule has 0 aromatic heterocycles. The fourth-order valence-electron chi connectivity index (χ4n) is 1.96. The molecule has 0 unspecified atom stereocenters. The summed E-state index contributed by atoms with van der Waals surface area (Å²) in [6, 6.07) is 7.18. The van der Waals surface area contributed by atoms with Gasteiger partial charge in [0.05, 0.1) is 12.2 Å². The van der Waals surface area contributed by atoms with Crippen LogP contribution in [0.3, 0.4) is 0 Å². The van der Waals surface area contributed by atoms with E-state index in [0.717, 1.165) is 13.0 Å². The first-order valence-electron chi connectivity index (χ1n) is 6.83. The molecule has 0 saturated carbocycles. The molecular weight excluding hydrogens is 254 g/mol. The number of methoxy groups -OCH3 is 1. The van der Waals surface area contributed by atoms with Gasteiger partial charge in [0.25, 0.3) is 5.91 Å². The van der Waals surface area contributed by atoms with Crippen LogP contribution >= 0.6 is 0 Å². The van der Waals surface area contributed by atoms with Gasteiger partial charge in [0.15, 0.2) is 0 Å². The molecule has 1 aromatic carbocycles. The highest BCUT2D eigenvalue weighted by atomic mass is 16.5. The Balaban J connectivity index is 2.71. The lowest BCUT2D eigenvalue weighted by Gasteiger charge is -2.24. The van der Waals surface area contributed by atoms with Crippen molar-refractivity contribution in [2.75, 3.05) is 53.2 Å². The normalized spacial score (nSPS) is 10.8. The number of nitrogens with two attached hydrogens (primary N) is 1. The second-order valence-corrected chi connectivity index (χ2v) is 5.03. The van der Waals surface area contributed by atoms with Crippen molar-refractivity contribution >= 4 is 11.6 Å². The third-order valence-corrected chi connectivity index (χ3v) is 3.08. The smallest absolute Gasteiger partial charge is 0.256 e. The Bertz CT molecular complexity index is 421. The molecule has 20 heavy (non-hydrogen) atoms. The molecule has 0 aliphatic rings. The van der Waals surface area contributed by atoms with Crippen LogP contribution in [0.25, 0.3) is 0 Å². The molecule has 1 aromatic rings. The van der Waals surface area contributed by atoms with E-state index in [4.69, 9.17) is 10.5 Å². The van der Waals surface area contributed by atoms with Crippen LogP contribution in [0.4, 0.5) is 5.69 Å². The number of ether oxygens (including phenoxy) is 1. The van der Waals surface area contributed by atoms with E-state index >= 15 is 0 Å². The van der Waals surface area contributed by atoms with E-state index in [9.17, 15) is 4.79 Å². The summed E-state index contributed by atoms with van der Waals surface area (Å²) >= 11 is 0. The lowest BCUT2D eigenvalue weighted by atomic mass is 10.1. The van der Waals surface area contributed by atoms with Crippen molar-refractivity contribution in [1.82, 2.24) is 9.80 Å². The highest BCUT2D eigenvalue weighted by Gasteiger charge is 2.17. The summed E-state index contributed by atoms with van der Waals surface area (Å²) in [6.07, 6.45) is 0.926. The van der Waals surface area contributed by atoms with Gasteiger partial charge in [-0.3, -0.25) is 4.79 Å². The van der Waals surface area contributed by atoms with E-state index in [-0.39, 0.29) is 5.91 Å². The number of anilines is 1. The summed E-state index contributed by atoms with van der Waals surface area (Å²) in [4.78, 5) is 16.4. The molecule has 5 heteroatoms. The van der Waals surface area contributed by atoms with Gasteiger partial charge in [0.2, 0.25) is 0 Å². The van der Waals surface area contributed by atoms with Gasteiger partial charge in [0.1, 0.15) is 0 Å². The lowest BCUT2D eigenvalue weighted by Crippen LogP contribution is -2.36. The van der Waals surface area contributed by atoms with Gasteiger partial charge in [-0.2, -0.15) is 0 Å². The number of hydrogen-bond acceptors (Lipinski definition) is 4. The Morgan fingerprint density at radius 1 is 1.20 bits per heavy atom. The summed E-state index contributed by atoms with van der Waals surface area (Å²) in [5.74, 6) is -0.0288. The number of rotatable bonds is 8. The minimum Gasteiger partial charge on any atom is -0.398 e. The van der Waals surface area contributed by atoms with E-state index in [2.05, 4.69) is 4.90 Å². The Kier molecular flexibility index (Phi) is 7.04. The maximum Gasteiger partial charge on any atom is 0.256 e. The summed E-state index contributed by atoms with van der Waals surface area (Å²) in [5, 5.41) is 0. The van der Waals surface area contributed by atoms with Gasteiger partial charge in [-0.05, 0) is 39.2 Å². The Morgan fingerprint density at radius 2 is 1.90 bits per heavy atom. The summed E-state index contributed by atoms with van der Waals surface area (Å²) in [5.41, 5.74) is 6.96. The van der Waals surface area contributed by atoms with Gasteiger partial charge in [-0.25, -0.2) is 0 Å². The van der Waals surface area contributed by atoms with E-state index in [1.54, 1.807) is 24.1 Å². The van der Waals surface area contributed by atoms with Gasteiger partial charge in [0, 0.05) is 25.9 Å². The minimum absolute atomic E-state index is 0.0288. The zero-order chi connectivity index (χ0) is 15.0. The molecule has 0 saturated heterocycles. The molecule has 0 aliphatic heterocycles. The van der Waals surface area contributed by atoms with E-state index in [1.807, 2.05) is 26.2 Å². The van der Waals surface area contributed by atoms with Gasteiger partial charge in [-0.1, -0.05) is 12.1 Å². The second kappa shape index (κ2) is 8.55. The SMILES string of the molecule is COCCN(CCCN(C)C)C(=O)c1ccccc1N. The highest BCUT2D eigenvalue weighted by molar-refractivity contribution is 5.99. The fraction of sp³-hybridized carbons (Fsp3) is 0.533. The molecular formula is C15H25N3O2. The van der Waals surface area contributed by atoms with Crippen molar-refractivity contribution in [1.29, 1.82) is 0 Å². The molecule has 0 bridgehead atoms. The zero-order valence-electron chi connectivity index (χ0n) is 12.6. The first kappa shape index (κ1) is 16.5.